The molecule has 0 saturated carbocycles. The molecule has 2 aromatic rings. The van der Waals surface area contributed by atoms with Crippen LogP contribution in [0.25, 0.3) is 0 Å². The van der Waals surface area contributed by atoms with Gasteiger partial charge in [0, 0.05) is 17.7 Å². The lowest BCUT2D eigenvalue weighted by atomic mass is 10.2. The maximum Gasteiger partial charge on any atom is 0.274 e. The molecule has 1 unspecified atom stereocenters. The van der Waals surface area contributed by atoms with Crippen molar-refractivity contribution < 1.29 is 20.1 Å². The molecule has 0 aliphatic carbocycles. The van der Waals surface area contributed by atoms with Gasteiger partial charge in [-0.3, -0.25) is 9.63 Å². The van der Waals surface area contributed by atoms with Gasteiger partial charge in [-0.25, -0.2) is 10.7 Å². The molecule has 1 atom stereocenters. The third kappa shape index (κ3) is 3.87. The van der Waals surface area contributed by atoms with E-state index in [4.69, 9.17) is 10.0 Å². The second-order valence-electron chi connectivity index (χ2n) is 4.09. The number of hydrogen-bond donors (Lipinski definition) is 3. The van der Waals surface area contributed by atoms with Crippen molar-refractivity contribution in [2.24, 2.45) is 0 Å². The van der Waals surface area contributed by atoms with Crippen LogP contribution >= 0.6 is 0 Å². The summed E-state index contributed by atoms with van der Waals surface area (Å²) in [6.07, 6.45) is 0. The van der Waals surface area contributed by atoms with E-state index in [1.165, 1.54) is 24.3 Å². The number of hydrogen-bond acceptors (Lipinski definition) is 4. The van der Waals surface area contributed by atoms with E-state index in [9.17, 15) is 10.0 Å². The summed E-state index contributed by atoms with van der Waals surface area (Å²) in [7, 11) is 0. The second-order valence-corrected chi connectivity index (χ2v) is 4.09. The molecule has 2 aromatic carbocycles. The van der Waals surface area contributed by atoms with Crippen LogP contribution in [0.1, 0.15) is 15.9 Å². The Kier molecular flexibility index (Phi) is 4.80. The molecule has 6 nitrogen and oxygen atoms in total. The van der Waals surface area contributed by atoms with Gasteiger partial charge in [0.15, 0.2) is 5.69 Å². The minimum atomic E-state index is -1.03. The zero-order valence-electron chi connectivity index (χ0n) is 10.6. The number of amides is 1. The van der Waals surface area contributed by atoms with Crippen LogP contribution in [0.2, 0.25) is 0 Å². The lowest BCUT2D eigenvalue weighted by Gasteiger charge is -2.11. The highest BCUT2D eigenvalue weighted by Crippen LogP contribution is 2.05. The summed E-state index contributed by atoms with van der Waals surface area (Å²) in [6.45, 7) is 0.264. The number of carbonyl (C=O) groups excluding carboxylic acids is 1. The molecule has 3 N–H and O–H groups in total. The first kappa shape index (κ1) is 14.2. The largest absolute Gasteiger partial charge is 0.595 e. The van der Waals surface area contributed by atoms with E-state index in [0.717, 1.165) is 5.56 Å². The van der Waals surface area contributed by atoms with E-state index in [2.05, 4.69) is 5.48 Å². The van der Waals surface area contributed by atoms with E-state index < -0.39 is 11.1 Å². The topological polar surface area (TPSA) is 86.1 Å². The van der Waals surface area contributed by atoms with Gasteiger partial charge in [0.2, 0.25) is 0 Å². The molecule has 0 radical (unpaired) electrons. The second kappa shape index (κ2) is 6.78. The molecule has 6 heteroatoms. The van der Waals surface area contributed by atoms with E-state index >= 15 is 0 Å². The molecule has 0 heterocycles. The van der Waals surface area contributed by atoms with Crippen molar-refractivity contribution in [2.45, 2.75) is 6.61 Å². The molecule has 2 rings (SSSR count). The predicted molar refractivity (Wildman–Crippen MR) is 70.9 cm³/mol. The maximum atomic E-state index is 11.7. The lowest BCUT2D eigenvalue weighted by molar-refractivity contribution is -0.991. The summed E-state index contributed by atoms with van der Waals surface area (Å²) in [6, 6.07) is 15.0. The number of quaternary nitrogens is 1. The molecule has 0 bridgehead atoms. The molecule has 104 valence electrons. The third-order valence-electron chi connectivity index (χ3n) is 2.64. The Morgan fingerprint density at radius 3 is 2.40 bits per heavy atom. The number of carbonyl (C=O) groups is 1. The van der Waals surface area contributed by atoms with Gasteiger partial charge in [-0.1, -0.05) is 30.3 Å². The highest BCUT2D eigenvalue weighted by Gasteiger charge is 2.07. The maximum absolute atomic E-state index is 11.7. The van der Waals surface area contributed by atoms with E-state index in [1.54, 1.807) is 0 Å². The van der Waals surface area contributed by atoms with Crippen LogP contribution in [0, 0.1) is 5.21 Å². The number of hydroxylamine groups is 1. The van der Waals surface area contributed by atoms with Gasteiger partial charge in [-0.15, -0.1) is 0 Å². The highest BCUT2D eigenvalue weighted by molar-refractivity contribution is 5.93. The van der Waals surface area contributed by atoms with Crippen molar-refractivity contribution >= 4 is 11.6 Å². The normalized spacial score (nSPS) is 11.9. The Hall–Kier alpha value is -2.25. The third-order valence-corrected chi connectivity index (χ3v) is 2.64. The molecule has 0 fully saturated rings. The smallest absolute Gasteiger partial charge is 0.274 e. The Balaban J connectivity index is 1.85. The molecule has 0 aromatic heterocycles. The zero-order valence-corrected chi connectivity index (χ0v) is 10.6. The average Bonchev–Trinajstić information content (AvgIpc) is 2.48. The first-order valence-corrected chi connectivity index (χ1v) is 5.96. The Labute approximate surface area is 115 Å². The lowest BCUT2D eigenvalue weighted by Crippen LogP contribution is -2.99. The first-order valence-electron chi connectivity index (χ1n) is 5.96. The Morgan fingerprint density at radius 1 is 1.15 bits per heavy atom. The molecule has 0 aliphatic rings. The van der Waals surface area contributed by atoms with Gasteiger partial charge in [-0.05, 0) is 17.7 Å². The molecule has 0 spiro atoms. The van der Waals surface area contributed by atoms with Crippen molar-refractivity contribution in [3.63, 3.8) is 0 Å². The van der Waals surface area contributed by atoms with Crippen LogP contribution in [-0.4, -0.2) is 11.1 Å². The van der Waals surface area contributed by atoms with Crippen molar-refractivity contribution in [3.8, 4) is 0 Å². The van der Waals surface area contributed by atoms with Gasteiger partial charge in [-0.2, -0.15) is 5.23 Å². The fraction of sp³-hybridized carbons (Fsp3) is 0.0714. The van der Waals surface area contributed by atoms with Crippen molar-refractivity contribution in [1.29, 1.82) is 0 Å². The van der Waals surface area contributed by atoms with E-state index in [-0.39, 0.29) is 12.3 Å². The van der Waals surface area contributed by atoms with Crippen LogP contribution in [0.15, 0.2) is 54.6 Å². The number of nitrogens with one attached hydrogen (secondary N) is 2. The van der Waals surface area contributed by atoms with Crippen LogP contribution in [0.3, 0.4) is 0 Å². The van der Waals surface area contributed by atoms with Gasteiger partial charge >= 0.3 is 0 Å². The fourth-order valence-corrected chi connectivity index (χ4v) is 1.58. The number of benzene rings is 2. The molecule has 0 saturated heterocycles. The quantitative estimate of drug-likeness (QED) is 0.709. The summed E-state index contributed by atoms with van der Waals surface area (Å²) in [5.41, 5.74) is 3.72. The van der Waals surface area contributed by atoms with E-state index in [0.29, 0.717) is 5.56 Å². The molecular weight excluding hydrogens is 260 g/mol. The number of rotatable bonds is 5. The predicted octanol–water partition coefficient (Wildman–Crippen LogP) is 0.952. The summed E-state index contributed by atoms with van der Waals surface area (Å²) in [5.74, 6) is -0.419. The molecular formula is C14H14N2O4. The minimum Gasteiger partial charge on any atom is -0.595 e. The van der Waals surface area contributed by atoms with Crippen molar-refractivity contribution in [1.82, 2.24) is 5.48 Å². The standard InChI is InChI=1S/C14H14N2O4/c17-14(12-6-8-13(9-7-12)16(18)19)15-20-10-11-4-2-1-3-5-11/h1-9,16,18H,10H2,(H,15,17). The first-order chi connectivity index (χ1) is 9.66. The Bertz CT molecular complexity index is 555. The SMILES string of the molecule is O=C(NOCc1ccccc1)c1ccc([NH+]([O-])O)cc1. The van der Waals surface area contributed by atoms with Crippen LogP contribution in [0.5, 0.6) is 0 Å². The van der Waals surface area contributed by atoms with Gasteiger partial charge in [0.25, 0.3) is 5.91 Å². The summed E-state index contributed by atoms with van der Waals surface area (Å²) >= 11 is 0. The molecule has 1 amide bonds. The summed E-state index contributed by atoms with van der Waals surface area (Å²) in [4.78, 5) is 16.8. The zero-order chi connectivity index (χ0) is 14.4. The van der Waals surface area contributed by atoms with Crippen LogP contribution in [-0.2, 0) is 11.4 Å². The summed E-state index contributed by atoms with van der Waals surface area (Å²) in [5, 5.41) is 18.4. The Morgan fingerprint density at radius 2 is 1.80 bits per heavy atom. The van der Waals surface area contributed by atoms with Gasteiger partial charge in [0.1, 0.15) is 0 Å². The van der Waals surface area contributed by atoms with Crippen LogP contribution in [0.4, 0.5) is 5.69 Å². The van der Waals surface area contributed by atoms with E-state index in [1.807, 2.05) is 30.3 Å². The summed E-state index contributed by atoms with van der Waals surface area (Å²) < 4.78 is 0. The van der Waals surface area contributed by atoms with Crippen LogP contribution < -0.4 is 10.7 Å². The van der Waals surface area contributed by atoms with Crippen molar-refractivity contribution in [3.05, 3.63) is 70.9 Å². The monoisotopic (exact) mass is 274 g/mol. The highest BCUT2D eigenvalue weighted by atomic mass is 16.8. The van der Waals surface area contributed by atoms with Gasteiger partial charge < -0.3 is 5.21 Å². The van der Waals surface area contributed by atoms with Gasteiger partial charge in [0.05, 0.1) is 6.61 Å². The molecule has 0 aliphatic heterocycles. The fourth-order valence-electron chi connectivity index (χ4n) is 1.58. The van der Waals surface area contributed by atoms with Crippen molar-refractivity contribution in [2.75, 3.05) is 0 Å². The minimum absolute atomic E-state index is 0.131. The molecule has 20 heavy (non-hydrogen) atoms. The average molecular weight is 274 g/mol.